The quantitative estimate of drug-likeness (QED) is 0.822. The van der Waals surface area contributed by atoms with Gasteiger partial charge in [-0.25, -0.2) is 0 Å². The second-order valence-electron chi connectivity index (χ2n) is 5.04. The van der Waals surface area contributed by atoms with E-state index in [0.717, 1.165) is 25.3 Å². The number of hydrogen-bond donors (Lipinski definition) is 1. The summed E-state index contributed by atoms with van der Waals surface area (Å²) in [4.78, 5) is 13.2. The molecule has 0 aliphatic heterocycles. The van der Waals surface area contributed by atoms with Crippen LogP contribution in [-0.4, -0.2) is 41.7 Å². The first kappa shape index (κ1) is 15.5. The zero-order valence-electron chi connectivity index (χ0n) is 12.1. The second-order valence-corrected chi connectivity index (χ2v) is 5.04. The molecule has 0 fully saturated rings. The van der Waals surface area contributed by atoms with Crippen LogP contribution >= 0.6 is 0 Å². The highest BCUT2D eigenvalue weighted by Gasteiger charge is 2.33. The van der Waals surface area contributed by atoms with Gasteiger partial charge in [-0.1, -0.05) is 19.1 Å². The largest absolute Gasteiger partial charge is 0.497 e. The zero-order chi connectivity index (χ0) is 14.5. The van der Waals surface area contributed by atoms with Crippen LogP contribution in [0.1, 0.15) is 26.3 Å². The predicted octanol–water partition coefficient (Wildman–Crippen LogP) is 2.42. The van der Waals surface area contributed by atoms with Crippen molar-refractivity contribution in [1.82, 2.24) is 4.90 Å². The molecule has 0 saturated carbocycles. The van der Waals surface area contributed by atoms with Crippen LogP contribution in [-0.2, 0) is 11.2 Å². The molecule has 19 heavy (non-hydrogen) atoms. The van der Waals surface area contributed by atoms with Crippen LogP contribution in [0.2, 0.25) is 0 Å². The van der Waals surface area contributed by atoms with E-state index in [4.69, 9.17) is 4.74 Å². The van der Waals surface area contributed by atoms with Crippen molar-refractivity contribution in [2.45, 2.75) is 32.7 Å². The fourth-order valence-corrected chi connectivity index (χ4v) is 2.02. The van der Waals surface area contributed by atoms with Crippen LogP contribution in [0, 0.1) is 0 Å². The number of nitrogens with zero attached hydrogens (tertiary/aromatic N) is 1. The van der Waals surface area contributed by atoms with Crippen molar-refractivity contribution in [3.63, 3.8) is 0 Å². The Morgan fingerprint density at radius 2 is 1.89 bits per heavy atom. The average Bonchev–Trinajstić information content (AvgIpc) is 2.39. The Kier molecular flexibility index (Phi) is 5.36. The number of methoxy groups -OCH3 is 1. The highest BCUT2D eigenvalue weighted by molar-refractivity contribution is 5.77. The van der Waals surface area contributed by atoms with E-state index in [1.54, 1.807) is 21.0 Å². The molecule has 0 spiro atoms. The van der Waals surface area contributed by atoms with Crippen LogP contribution in [0.3, 0.4) is 0 Å². The third kappa shape index (κ3) is 3.96. The standard InChI is InChI=1S/C15H23NO3/c1-5-16(15(2,3)14(17)18)11-10-12-6-8-13(19-4)9-7-12/h6-9H,5,10-11H2,1-4H3,(H,17,18). The van der Waals surface area contributed by atoms with Gasteiger partial charge in [0, 0.05) is 6.54 Å². The maximum Gasteiger partial charge on any atom is 0.323 e. The second kappa shape index (κ2) is 6.57. The molecule has 0 heterocycles. The van der Waals surface area contributed by atoms with Crippen LogP contribution in [0.25, 0.3) is 0 Å². The van der Waals surface area contributed by atoms with Crippen molar-refractivity contribution in [2.75, 3.05) is 20.2 Å². The number of ether oxygens (including phenoxy) is 1. The number of carboxylic acid groups (broad SMARTS) is 1. The average molecular weight is 265 g/mol. The predicted molar refractivity (Wildman–Crippen MR) is 75.7 cm³/mol. The Hall–Kier alpha value is -1.55. The van der Waals surface area contributed by atoms with Crippen molar-refractivity contribution >= 4 is 5.97 Å². The summed E-state index contributed by atoms with van der Waals surface area (Å²) in [5, 5.41) is 9.25. The van der Waals surface area contributed by atoms with Crippen LogP contribution in [0.5, 0.6) is 5.75 Å². The molecule has 0 aliphatic rings. The molecule has 0 unspecified atom stereocenters. The summed E-state index contributed by atoms with van der Waals surface area (Å²) < 4.78 is 5.11. The number of carbonyl (C=O) groups is 1. The normalized spacial score (nSPS) is 11.6. The minimum absolute atomic E-state index is 0.718. The molecule has 0 radical (unpaired) electrons. The molecule has 0 saturated heterocycles. The molecule has 4 nitrogen and oxygen atoms in total. The van der Waals surface area contributed by atoms with E-state index in [2.05, 4.69) is 0 Å². The number of benzene rings is 1. The summed E-state index contributed by atoms with van der Waals surface area (Å²) in [7, 11) is 1.64. The molecule has 0 atom stereocenters. The van der Waals surface area contributed by atoms with Gasteiger partial charge in [0.15, 0.2) is 0 Å². The van der Waals surface area contributed by atoms with Crippen LogP contribution in [0.15, 0.2) is 24.3 Å². The lowest BCUT2D eigenvalue weighted by atomic mass is 10.0. The van der Waals surface area contributed by atoms with Gasteiger partial charge in [-0.15, -0.1) is 0 Å². The molecule has 1 aromatic rings. The summed E-state index contributed by atoms with van der Waals surface area (Å²) in [5.74, 6) is 0.0473. The topological polar surface area (TPSA) is 49.8 Å². The first-order valence-corrected chi connectivity index (χ1v) is 6.53. The summed E-state index contributed by atoms with van der Waals surface area (Å²) in [5.41, 5.74) is 0.349. The molecule has 1 N–H and O–H groups in total. The van der Waals surface area contributed by atoms with E-state index in [1.807, 2.05) is 36.1 Å². The summed E-state index contributed by atoms with van der Waals surface area (Å²) in [6.45, 7) is 6.91. The Labute approximate surface area is 115 Å². The Balaban J connectivity index is 2.65. The number of aliphatic carboxylic acids is 1. The van der Waals surface area contributed by atoms with E-state index in [1.165, 1.54) is 5.56 Å². The van der Waals surface area contributed by atoms with Gasteiger partial charge < -0.3 is 9.84 Å². The van der Waals surface area contributed by atoms with Gasteiger partial charge in [0.2, 0.25) is 0 Å². The zero-order valence-corrected chi connectivity index (χ0v) is 12.1. The maximum absolute atomic E-state index is 11.3. The minimum Gasteiger partial charge on any atom is -0.497 e. The van der Waals surface area contributed by atoms with E-state index in [9.17, 15) is 9.90 Å². The number of carboxylic acids is 1. The van der Waals surface area contributed by atoms with Gasteiger partial charge in [-0.2, -0.15) is 0 Å². The number of rotatable bonds is 7. The number of hydrogen-bond acceptors (Lipinski definition) is 3. The molecular weight excluding hydrogens is 242 g/mol. The first-order valence-electron chi connectivity index (χ1n) is 6.53. The molecule has 4 heteroatoms. The van der Waals surface area contributed by atoms with Crippen molar-refractivity contribution in [3.8, 4) is 5.75 Å². The van der Waals surface area contributed by atoms with Crippen LogP contribution in [0.4, 0.5) is 0 Å². The van der Waals surface area contributed by atoms with E-state index in [0.29, 0.717) is 0 Å². The fraction of sp³-hybridized carbons (Fsp3) is 0.533. The highest BCUT2D eigenvalue weighted by Crippen LogP contribution is 2.17. The third-order valence-electron chi connectivity index (χ3n) is 3.53. The smallest absolute Gasteiger partial charge is 0.323 e. The molecule has 106 valence electrons. The van der Waals surface area contributed by atoms with E-state index in [-0.39, 0.29) is 0 Å². The van der Waals surface area contributed by atoms with Gasteiger partial charge in [0.25, 0.3) is 0 Å². The third-order valence-corrected chi connectivity index (χ3v) is 3.53. The molecule has 0 amide bonds. The summed E-state index contributed by atoms with van der Waals surface area (Å²) in [6, 6.07) is 7.88. The Bertz CT molecular complexity index is 412. The van der Waals surface area contributed by atoms with Crippen molar-refractivity contribution in [3.05, 3.63) is 29.8 Å². The first-order chi connectivity index (χ1) is 8.91. The molecule has 0 bridgehead atoms. The SMILES string of the molecule is CCN(CCc1ccc(OC)cc1)C(C)(C)C(=O)O. The lowest BCUT2D eigenvalue weighted by Crippen LogP contribution is -2.50. The van der Waals surface area contributed by atoms with Gasteiger partial charge in [0.05, 0.1) is 7.11 Å². The van der Waals surface area contributed by atoms with Gasteiger partial charge in [-0.3, -0.25) is 9.69 Å². The molecular formula is C15H23NO3. The van der Waals surface area contributed by atoms with Crippen molar-refractivity contribution in [1.29, 1.82) is 0 Å². The van der Waals surface area contributed by atoms with E-state index >= 15 is 0 Å². The van der Waals surface area contributed by atoms with Crippen LogP contribution < -0.4 is 4.74 Å². The fourth-order valence-electron chi connectivity index (χ4n) is 2.02. The van der Waals surface area contributed by atoms with Gasteiger partial charge in [0.1, 0.15) is 11.3 Å². The van der Waals surface area contributed by atoms with Crippen molar-refractivity contribution < 1.29 is 14.6 Å². The van der Waals surface area contributed by atoms with Gasteiger partial charge >= 0.3 is 5.97 Å². The summed E-state index contributed by atoms with van der Waals surface area (Å²) >= 11 is 0. The highest BCUT2D eigenvalue weighted by atomic mass is 16.5. The Morgan fingerprint density at radius 3 is 2.32 bits per heavy atom. The molecule has 0 aliphatic carbocycles. The minimum atomic E-state index is -0.832. The molecule has 1 aromatic carbocycles. The maximum atomic E-state index is 11.3. The number of likely N-dealkylation sites (N-methyl/N-ethyl adjacent to an activating group) is 1. The lowest BCUT2D eigenvalue weighted by molar-refractivity contribution is -0.149. The monoisotopic (exact) mass is 265 g/mol. The Morgan fingerprint density at radius 1 is 1.32 bits per heavy atom. The van der Waals surface area contributed by atoms with Crippen molar-refractivity contribution in [2.24, 2.45) is 0 Å². The van der Waals surface area contributed by atoms with E-state index < -0.39 is 11.5 Å². The summed E-state index contributed by atoms with van der Waals surface area (Å²) in [6.07, 6.45) is 0.828. The van der Waals surface area contributed by atoms with Gasteiger partial charge in [-0.05, 0) is 44.5 Å². The molecule has 0 aromatic heterocycles. The lowest BCUT2D eigenvalue weighted by Gasteiger charge is -2.34. The molecule has 1 rings (SSSR count).